The number of esters is 1. The summed E-state index contributed by atoms with van der Waals surface area (Å²) in [6.45, 7) is 3.17. The van der Waals surface area contributed by atoms with Crippen molar-refractivity contribution in [3.8, 4) is 0 Å². The molecule has 0 saturated carbocycles. The lowest BCUT2D eigenvalue weighted by Crippen LogP contribution is -2.30. The maximum absolute atomic E-state index is 12.9. The van der Waals surface area contributed by atoms with Crippen molar-refractivity contribution in [3.63, 3.8) is 0 Å². The molecule has 0 heterocycles. The third-order valence-electron chi connectivity index (χ3n) is 4.95. The van der Waals surface area contributed by atoms with Gasteiger partial charge in [-0.05, 0) is 37.6 Å². The first-order chi connectivity index (χ1) is 16.2. The third-order valence-corrected chi connectivity index (χ3v) is 4.95. The van der Waals surface area contributed by atoms with E-state index >= 15 is 0 Å². The highest BCUT2D eigenvalue weighted by Gasteiger charge is 2.23. The molecule has 9 nitrogen and oxygen atoms in total. The maximum atomic E-state index is 12.9. The molecule has 0 aliphatic carbocycles. The van der Waals surface area contributed by atoms with E-state index in [0.29, 0.717) is 23.5 Å². The average molecular weight is 461 g/mol. The van der Waals surface area contributed by atoms with E-state index in [9.17, 15) is 24.5 Å². The van der Waals surface area contributed by atoms with Crippen molar-refractivity contribution in [1.82, 2.24) is 0 Å². The zero-order valence-corrected chi connectivity index (χ0v) is 18.6. The minimum atomic E-state index is -1.20. The molecule has 0 aromatic heterocycles. The van der Waals surface area contributed by atoms with Gasteiger partial charge >= 0.3 is 5.97 Å². The summed E-state index contributed by atoms with van der Waals surface area (Å²) < 4.78 is 5.30. The number of Topliss-reactive ketones (excluding diaryl/α,β-unsaturated/α-hetero) is 1. The van der Waals surface area contributed by atoms with Gasteiger partial charge < -0.3 is 15.4 Å². The molecule has 0 saturated heterocycles. The monoisotopic (exact) mass is 461 g/mol. The van der Waals surface area contributed by atoms with Crippen LogP contribution >= 0.6 is 0 Å². The summed E-state index contributed by atoms with van der Waals surface area (Å²) in [5, 5.41) is 16.9. The van der Waals surface area contributed by atoms with Gasteiger partial charge in [-0.2, -0.15) is 0 Å². The number of benzene rings is 3. The number of ketones is 1. The van der Waals surface area contributed by atoms with Crippen LogP contribution in [0.3, 0.4) is 0 Å². The Hall–Kier alpha value is -4.53. The van der Waals surface area contributed by atoms with Crippen LogP contribution in [0.15, 0.2) is 72.8 Å². The van der Waals surface area contributed by atoms with Crippen LogP contribution in [-0.2, 0) is 16.1 Å². The van der Waals surface area contributed by atoms with Crippen molar-refractivity contribution in [2.45, 2.75) is 26.5 Å². The molecular weight excluding hydrogens is 438 g/mol. The van der Waals surface area contributed by atoms with Gasteiger partial charge in [-0.3, -0.25) is 19.7 Å². The van der Waals surface area contributed by atoms with Crippen molar-refractivity contribution in [2.24, 2.45) is 0 Å². The number of carbonyl (C=O) groups is 3. The van der Waals surface area contributed by atoms with Crippen molar-refractivity contribution in [2.75, 3.05) is 10.6 Å². The summed E-state index contributed by atoms with van der Waals surface area (Å²) in [5.41, 5.74) is 1.73. The number of anilines is 2. The number of carbonyl (C=O) groups excluding carboxylic acids is 3. The van der Waals surface area contributed by atoms with Gasteiger partial charge in [0.15, 0.2) is 11.9 Å². The molecule has 0 spiro atoms. The molecule has 2 N–H and O–H groups in total. The van der Waals surface area contributed by atoms with Crippen LogP contribution in [0.4, 0.5) is 17.1 Å². The summed E-state index contributed by atoms with van der Waals surface area (Å²) >= 11 is 0. The molecule has 0 bridgehead atoms. The van der Waals surface area contributed by atoms with Gasteiger partial charge in [-0.1, -0.05) is 42.5 Å². The molecule has 0 aliphatic rings. The fraction of sp³-hybridized carbons (Fsp3) is 0.160. The van der Waals surface area contributed by atoms with Crippen LogP contribution in [0.5, 0.6) is 0 Å². The minimum absolute atomic E-state index is 0.0663. The van der Waals surface area contributed by atoms with E-state index in [2.05, 4.69) is 10.6 Å². The Morgan fingerprint density at radius 1 is 1.00 bits per heavy atom. The third kappa shape index (κ3) is 6.26. The molecule has 3 aromatic rings. The Bertz CT molecular complexity index is 1230. The van der Waals surface area contributed by atoms with Crippen LogP contribution in [-0.4, -0.2) is 28.7 Å². The van der Waals surface area contributed by atoms with Gasteiger partial charge in [0, 0.05) is 35.6 Å². The largest absolute Gasteiger partial charge is 0.449 e. The molecule has 0 radical (unpaired) electrons. The summed E-state index contributed by atoms with van der Waals surface area (Å²) in [7, 11) is 0. The second-order valence-electron chi connectivity index (χ2n) is 7.50. The number of hydrogen-bond donors (Lipinski definition) is 2. The molecule has 3 aromatic carbocycles. The predicted molar refractivity (Wildman–Crippen MR) is 127 cm³/mol. The zero-order chi connectivity index (χ0) is 24.7. The Balaban J connectivity index is 1.74. The number of nitro groups is 1. The van der Waals surface area contributed by atoms with Gasteiger partial charge in [0.05, 0.1) is 10.5 Å². The van der Waals surface area contributed by atoms with Crippen LogP contribution < -0.4 is 10.6 Å². The molecule has 34 heavy (non-hydrogen) atoms. The molecule has 1 amide bonds. The second kappa shape index (κ2) is 10.9. The van der Waals surface area contributed by atoms with E-state index in [1.54, 1.807) is 18.2 Å². The molecule has 174 valence electrons. The highest BCUT2D eigenvalue weighted by molar-refractivity contribution is 6.01. The molecule has 9 heteroatoms. The van der Waals surface area contributed by atoms with Crippen LogP contribution in [0.25, 0.3) is 0 Å². The molecular formula is C25H23N3O6. The lowest BCUT2D eigenvalue weighted by atomic mass is 10.1. The fourth-order valence-electron chi connectivity index (χ4n) is 3.10. The Morgan fingerprint density at radius 2 is 1.74 bits per heavy atom. The SMILES string of the molecule is CC(=O)c1cccc(NC(=O)C(C)OC(=O)c2cc([N+](=O)[O-])ccc2NCc2ccccc2)c1. The average Bonchev–Trinajstić information content (AvgIpc) is 2.83. The highest BCUT2D eigenvalue weighted by atomic mass is 16.6. The van der Waals surface area contributed by atoms with E-state index in [1.807, 2.05) is 30.3 Å². The minimum Gasteiger partial charge on any atom is -0.449 e. The quantitative estimate of drug-likeness (QED) is 0.206. The topological polar surface area (TPSA) is 128 Å². The molecule has 1 atom stereocenters. The van der Waals surface area contributed by atoms with Crippen molar-refractivity contribution < 1.29 is 24.0 Å². The molecule has 0 fully saturated rings. The molecule has 3 rings (SSSR count). The number of hydrogen-bond acceptors (Lipinski definition) is 7. The first kappa shape index (κ1) is 24.1. The zero-order valence-electron chi connectivity index (χ0n) is 18.6. The number of non-ortho nitro benzene ring substituents is 1. The number of amides is 1. The number of ether oxygens (including phenoxy) is 1. The maximum Gasteiger partial charge on any atom is 0.341 e. The lowest BCUT2D eigenvalue weighted by molar-refractivity contribution is -0.384. The van der Waals surface area contributed by atoms with Gasteiger partial charge in [-0.25, -0.2) is 4.79 Å². The summed E-state index contributed by atoms with van der Waals surface area (Å²) in [4.78, 5) is 47.5. The lowest BCUT2D eigenvalue weighted by Gasteiger charge is -2.16. The van der Waals surface area contributed by atoms with Crippen molar-refractivity contribution >= 4 is 34.7 Å². The fourth-order valence-corrected chi connectivity index (χ4v) is 3.10. The van der Waals surface area contributed by atoms with Gasteiger partial charge in [0.25, 0.3) is 11.6 Å². The predicted octanol–water partition coefficient (Wildman–Crippen LogP) is 4.59. The Kier molecular flexibility index (Phi) is 7.71. The van der Waals surface area contributed by atoms with Gasteiger partial charge in [0.1, 0.15) is 0 Å². The van der Waals surface area contributed by atoms with E-state index < -0.39 is 22.9 Å². The van der Waals surface area contributed by atoms with Crippen LogP contribution in [0, 0.1) is 10.1 Å². The molecule has 0 aliphatic heterocycles. The summed E-state index contributed by atoms with van der Waals surface area (Å²) in [5.74, 6) is -1.66. The van der Waals surface area contributed by atoms with Gasteiger partial charge in [-0.15, -0.1) is 0 Å². The number of rotatable bonds is 9. The Morgan fingerprint density at radius 3 is 2.41 bits per heavy atom. The number of nitro benzene ring substituents is 1. The first-order valence-corrected chi connectivity index (χ1v) is 10.4. The van der Waals surface area contributed by atoms with Crippen LogP contribution in [0.2, 0.25) is 0 Å². The second-order valence-corrected chi connectivity index (χ2v) is 7.50. The van der Waals surface area contributed by atoms with Gasteiger partial charge in [0.2, 0.25) is 0 Å². The van der Waals surface area contributed by atoms with E-state index in [4.69, 9.17) is 4.74 Å². The van der Waals surface area contributed by atoms with E-state index in [1.165, 1.54) is 32.0 Å². The van der Waals surface area contributed by atoms with Crippen molar-refractivity contribution in [3.05, 3.63) is 99.6 Å². The normalized spacial score (nSPS) is 11.2. The highest BCUT2D eigenvalue weighted by Crippen LogP contribution is 2.24. The molecule has 1 unspecified atom stereocenters. The van der Waals surface area contributed by atoms with Crippen molar-refractivity contribution in [1.29, 1.82) is 0 Å². The smallest absolute Gasteiger partial charge is 0.341 e. The number of nitrogens with zero attached hydrogens (tertiary/aromatic N) is 1. The summed E-state index contributed by atoms with van der Waals surface area (Å²) in [6.07, 6.45) is -1.20. The number of nitrogens with one attached hydrogen (secondary N) is 2. The van der Waals surface area contributed by atoms with E-state index in [-0.39, 0.29) is 17.0 Å². The summed E-state index contributed by atoms with van der Waals surface area (Å²) in [6, 6.07) is 19.6. The first-order valence-electron chi connectivity index (χ1n) is 10.4. The van der Waals surface area contributed by atoms with E-state index in [0.717, 1.165) is 11.6 Å². The Labute approximate surface area is 195 Å². The standard InChI is InChI=1S/C25H23N3O6/c1-16(29)19-9-6-10-20(13-19)27-24(30)17(2)34-25(31)22-14-21(28(32)33)11-12-23(22)26-15-18-7-4-3-5-8-18/h3-14,17,26H,15H2,1-2H3,(H,27,30). The van der Waals surface area contributed by atoms with Crippen LogP contribution in [0.1, 0.15) is 40.1 Å².